The third-order valence-corrected chi connectivity index (χ3v) is 3.61. The summed E-state index contributed by atoms with van der Waals surface area (Å²) < 4.78 is 5.83. The molecule has 4 heteroatoms. The summed E-state index contributed by atoms with van der Waals surface area (Å²) in [5.41, 5.74) is 2.80. The summed E-state index contributed by atoms with van der Waals surface area (Å²) in [5, 5.41) is 9.55. The summed E-state index contributed by atoms with van der Waals surface area (Å²) in [4.78, 5) is 11.0. The molecule has 116 valence electrons. The lowest BCUT2D eigenvalue weighted by molar-refractivity contribution is -0.136. The first kappa shape index (κ1) is 16.4. The number of ether oxygens (including phenoxy) is 1. The SMILES string of the molecule is CCCc1ccc(Oc2ccc(C)cc2CC(=O)O)c(Cl)c1. The molecule has 0 saturated heterocycles. The Labute approximate surface area is 135 Å². The van der Waals surface area contributed by atoms with Crippen LogP contribution in [0.1, 0.15) is 30.0 Å². The molecular weight excluding hydrogens is 300 g/mol. The van der Waals surface area contributed by atoms with E-state index in [4.69, 9.17) is 21.4 Å². The maximum atomic E-state index is 11.0. The Kier molecular flexibility index (Phi) is 5.45. The van der Waals surface area contributed by atoms with Crippen molar-refractivity contribution in [1.29, 1.82) is 0 Å². The van der Waals surface area contributed by atoms with Gasteiger partial charge in [-0.1, -0.05) is 48.7 Å². The number of carboxylic acid groups (broad SMARTS) is 1. The van der Waals surface area contributed by atoms with Crippen molar-refractivity contribution in [3.05, 3.63) is 58.1 Å². The van der Waals surface area contributed by atoms with Crippen molar-refractivity contribution >= 4 is 17.6 Å². The van der Waals surface area contributed by atoms with Crippen LogP contribution in [0.3, 0.4) is 0 Å². The lowest BCUT2D eigenvalue weighted by Crippen LogP contribution is -2.02. The summed E-state index contributed by atoms with van der Waals surface area (Å²) in [5.74, 6) is 0.176. The normalized spacial score (nSPS) is 10.5. The lowest BCUT2D eigenvalue weighted by Gasteiger charge is -2.13. The highest BCUT2D eigenvalue weighted by molar-refractivity contribution is 6.32. The number of carboxylic acids is 1. The molecule has 2 aromatic carbocycles. The van der Waals surface area contributed by atoms with Gasteiger partial charge in [0.2, 0.25) is 0 Å². The van der Waals surface area contributed by atoms with Gasteiger partial charge in [0.1, 0.15) is 11.5 Å². The molecule has 0 saturated carbocycles. The molecule has 0 heterocycles. The van der Waals surface area contributed by atoms with Crippen LogP contribution in [0.5, 0.6) is 11.5 Å². The molecule has 0 aliphatic rings. The van der Waals surface area contributed by atoms with Crippen LogP contribution in [-0.4, -0.2) is 11.1 Å². The number of aryl methyl sites for hydroxylation is 2. The Morgan fingerprint density at radius 1 is 1.18 bits per heavy atom. The Balaban J connectivity index is 2.28. The molecule has 0 aliphatic heterocycles. The fourth-order valence-corrected chi connectivity index (χ4v) is 2.54. The third kappa shape index (κ3) is 4.25. The van der Waals surface area contributed by atoms with Crippen molar-refractivity contribution in [2.75, 3.05) is 0 Å². The van der Waals surface area contributed by atoms with Crippen LogP contribution < -0.4 is 4.74 Å². The van der Waals surface area contributed by atoms with Crippen LogP contribution in [0.25, 0.3) is 0 Å². The van der Waals surface area contributed by atoms with E-state index in [-0.39, 0.29) is 6.42 Å². The summed E-state index contributed by atoms with van der Waals surface area (Å²) in [6, 6.07) is 11.2. The number of halogens is 1. The van der Waals surface area contributed by atoms with Crippen molar-refractivity contribution in [1.82, 2.24) is 0 Å². The fraction of sp³-hybridized carbons (Fsp3) is 0.278. The van der Waals surface area contributed by atoms with E-state index in [9.17, 15) is 4.79 Å². The van der Waals surface area contributed by atoms with Crippen molar-refractivity contribution in [3.8, 4) is 11.5 Å². The summed E-state index contributed by atoms with van der Waals surface area (Å²) >= 11 is 6.26. The first-order valence-corrected chi connectivity index (χ1v) is 7.65. The minimum absolute atomic E-state index is 0.0808. The molecule has 3 nitrogen and oxygen atoms in total. The zero-order valence-electron chi connectivity index (χ0n) is 12.7. The highest BCUT2D eigenvalue weighted by Gasteiger charge is 2.11. The summed E-state index contributed by atoms with van der Waals surface area (Å²) in [7, 11) is 0. The Morgan fingerprint density at radius 3 is 2.55 bits per heavy atom. The van der Waals surface area contributed by atoms with Gasteiger partial charge in [-0.25, -0.2) is 0 Å². The van der Waals surface area contributed by atoms with E-state index in [1.807, 2.05) is 37.3 Å². The monoisotopic (exact) mass is 318 g/mol. The molecule has 0 aromatic heterocycles. The van der Waals surface area contributed by atoms with Crippen LogP contribution in [0.2, 0.25) is 5.02 Å². The molecule has 1 N–H and O–H groups in total. The molecule has 22 heavy (non-hydrogen) atoms. The van der Waals surface area contributed by atoms with Crippen molar-refractivity contribution < 1.29 is 14.6 Å². The van der Waals surface area contributed by atoms with E-state index in [2.05, 4.69) is 6.92 Å². The van der Waals surface area contributed by atoms with Gasteiger partial charge in [-0.15, -0.1) is 0 Å². The van der Waals surface area contributed by atoms with Crippen LogP contribution in [0.4, 0.5) is 0 Å². The number of benzene rings is 2. The molecule has 2 aromatic rings. The van der Waals surface area contributed by atoms with Crippen LogP contribution in [0, 0.1) is 6.92 Å². The van der Waals surface area contributed by atoms with Crippen LogP contribution >= 0.6 is 11.6 Å². The van der Waals surface area contributed by atoms with Crippen molar-refractivity contribution in [2.45, 2.75) is 33.1 Å². The second-order valence-corrected chi connectivity index (χ2v) is 5.71. The van der Waals surface area contributed by atoms with Gasteiger partial charge in [0, 0.05) is 5.56 Å². The second kappa shape index (κ2) is 7.32. The standard InChI is InChI=1S/C18H19ClO3/c1-3-4-13-6-8-17(15(19)10-13)22-16-7-5-12(2)9-14(16)11-18(20)21/h5-10H,3-4,11H2,1-2H3,(H,20,21). The van der Waals surface area contributed by atoms with Gasteiger partial charge in [-0.3, -0.25) is 4.79 Å². The lowest BCUT2D eigenvalue weighted by atomic mass is 10.1. The molecule has 0 atom stereocenters. The quantitative estimate of drug-likeness (QED) is 0.813. The first-order chi connectivity index (χ1) is 10.5. The van der Waals surface area contributed by atoms with Crippen molar-refractivity contribution in [2.24, 2.45) is 0 Å². The fourth-order valence-electron chi connectivity index (χ4n) is 2.30. The first-order valence-electron chi connectivity index (χ1n) is 7.27. The zero-order valence-corrected chi connectivity index (χ0v) is 13.5. The third-order valence-electron chi connectivity index (χ3n) is 3.31. The predicted molar refractivity (Wildman–Crippen MR) is 88.0 cm³/mol. The van der Waals surface area contributed by atoms with E-state index >= 15 is 0 Å². The summed E-state index contributed by atoms with van der Waals surface area (Å²) in [6.07, 6.45) is 1.94. The second-order valence-electron chi connectivity index (χ2n) is 5.30. The highest BCUT2D eigenvalue weighted by Crippen LogP contribution is 2.32. The maximum absolute atomic E-state index is 11.0. The molecule has 0 amide bonds. The molecule has 0 bridgehead atoms. The zero-order chi connectivity index (χ0) is 16.1. The average Bonchev–Trinajstić information content (AvgIpc) is 2.44. The maximum Gasteiger partial charge on any atom is 0.307 e. The summed E-state index contributed by atoms with van der Waals surface area (Å²) in [6.45, 7) is 4.03. The van der Waals surface area contributed by atoms with Crippen LogP contribution in [-0.2, 0) is 17.6 Å². The molecule has 2 rings (SSSR count). The van der Waals surface area contributed by atoms with E-state index in [0.29, 0.717) is 22.1 Å². The van der Waals surface area contributed by atoms with Gasteiger partial charge >= 0.3 is 5.97 Å². The minimum atomic E-state index is -0.889. The largest absolute Gasteiger partial charge is 0.481 e. The Bertz CT molecular complexity index is 680. The van der Waals surface area contributed by atoms with Gasteiger partial charge < -0.3 is 9.84 Å². The van der Waals surface area contributed by atoms with E-state index in [1.54, 1.807) is 6.07 Å². The number of aliphatic carboxylic acids is 1. The van der Waals surface area contributed by atoms with E-state index in [0.717, 1.165) is 24.0 Å². The Morgan fingerprint density at radius 2 is 1.91 bits per heavy atom. The molecular formula is C18H19ClO3. The minimum Gasteiger partial charge on any atom is -0.481 e. The predicted octanol–water partition coefficient (Wildman–Crippen LogP) is 5.02. The molecule has 0 radical (unpaired) electrons. The van der Waals surface area contributed by atoms with E-state index < -0.39 is 5.97 Å². The van der Waals surface area contributed by atoms with Gasteiger partial charge in [-0.2, -0.15) is 0 Å². The smallest absolute Gasteiger partial charge is 0.307 e. The average molecular weight is 319 g/mol. The van der Waals surface area contributed by atoms with Gasteiger partial charge in [-0.05, 0) is 37.1 Å². The number of carbonyl (C=O) groups is 1. The Hall–Kier alpha value is -2.00. The number of hydrogen-bond donors (Lipinski definition) is 1. The molecule has 0 aliphatic carbocycles. The van der Waals surface area contributed by atoms with Crippen LogP contribution in [0.15, 0.2) is 36.4 Å². The van der Waals surface area contributed by atoms with E-state index in [1.165, 1.54) is 0 Å². The topological polar surface area (TPSA) is 46.5 Å². The van der Waals surface area contributed by atoms with Gasteiger partial charge in [0.15, 0.2) is 0 Å². The number of hydrogen-bond acceptors (Lipinski definition) is 2. The molecule has 0 unspecified atom stereocenters. The molecule has 0 fully saturated rings. The van der Waals surface area contributed by atoms with Gasteiger partial charge in [0.25, 0.3) is 0 Å². The number of rotatable bonds is 6. The highest BCUT2D eigenvalue weighted by atomic mass is 35.5. The molecule has 0 spiro atoms. The van der Waals surface area contributed by atoms with Gasteiger partial charge in [0.05, 0.1) is 11.4 Å². The van der Waals surface area contributed by atoms with Crippen molar-refractivity contribution in [3.63, 3.8) is 0 Å².